The first-order chi connectivity index (χ1) is 17.2. The van der Waals surface area contributed by atoms with Gasteiger partial charge in [-0.2, -0.15) is 4.72 Å². The van der Waals surface area contributed by atoms with E-state index in [1.54, 1.807) is 0 Å². The Morgan fingerprint density at radius 2 is 1.86 bits per heavy atom. The summed E-state index contributed by atoms with van der Waals surface area (Å²) in [6.07, 6.45) is -0.691. The van der Waals surface area contributed by atoms with Crippen LogP contribution in [0.4, 0.5) is 4.79 Å². The van der Waals surface area contributed by atoms with Gasteiger partial charge in [0.1, 0.15) is 22.5 Å². The number of nitrogens with one attached hydrogen (secondary N) is 2. The number of amides is 2. The molecule has 0 atom stereocenters. The number of hydrogen-bond acceptors (Lipinski definition) is 8. The predicted molar refractivity (Wildman–Crippen MR) is 137 cm³/mol. The standard InChI is InChI=1S/C23H23IN4O7S/c1-15-10-16(19-4-2-3-5-20(19)25-15)11-34-17-6-8-18(9-7-17)36(32,33)27-23(21(29)26-31)12-28(13-23)22(30)35-14-24/h2-10,27,31H,11-14H2,1H3,(H,26,29). The van der Waals surface area contributed by atoms with Crippen LogP contribution in [-0.4, -0.2) is 58.8 Å². The number of carbonyl (C=O) groups is 2. The molecule has 0 spiro atoms. The lowest BCUT2D eigenvalue weighted by molar-refractivity contribution is -0.141. The van der Waals surface area contributed by atoms with Crippen LogP contribution in [0.2, 0.25) is 0 Å². The zero-order chi connectivity index (χ0) is 25.9. The van der Waals surface area contributed by atoms with E-state index in [0.717, 1.165) is 27.1 Å². The molecule has 3 aromatic rings. The molecule has 3 N–H and O–H groups in total. The molecule has 4 rings (SSSR count). The lowest BCUT2D eigenvalue weighted by Crippen LogP contribution is -2.76. The van der Waals surface area contributed by atoms with Crippen molar-refractivity contribution in [3.63, 3.8) is 0 Å². The van der Waals surface area contributed by atoms with Gasteiger partial charge in [0.15, 0.2) is 0 Å². The fourth-order valence-corrected chi connectivity index (χ4v) is 5.56. The second-order valence-electron chi connectivity index (χ2n) is 8.20. The van der Waals surface area contributed by atoms with Crippen LogP contribution in [0.1, 0.15) is 11.3 Å². The number of halogens is 1. The van der Waals surface area contributed by atoms with E-state index >= 15 is 0 Å². The Morgan fingerprint density at radius 3 is 2.53 bits per heavy atom. The van der Waals surface area contributed by atoms with Gasteiger partial charge in [0.25, 0.3) is 5.91 Å². The number of benzene rings is 2. The number of nitrogens with zero attached hydrogens (tertiary/aromatic N) is 2. The summed E-state index contributed by atoms with van der Waals surface area (Å²) in [5.74, 6) is -0.531. The maximum absolute atomic E-state index is 13.0. The Hall–Kier alpha value is -3.01. The second kappa shape index (κ2) is 10.5. The molecular weight excluding hydrogens is 603 g/mol. The molecule has 0 unspecified atom stereocenters. The lowest BCUT2D eigenvalue weighted by Gasteiger charge is -2.47. The number of pyridine rings is 1. The molecule has 13 heteroatoms. The van der Waals surface area contributed by atoms with Crippen LogP contribution in [0.3, 0.4) is 0 Å². The summed E-state index contributed by atoms with van der Waals surface area (Å²) in [4.78, 5) is 29.7. The highest BCUT2D eigenvalue weighted by Crippen LogP contribution is 2.27. The van der Waals surface area contributed by atoms with E-state index in [0.29, 0.717) is 5.75 Å². The first-order valence-corrected chi connectivity index (χ1v) is 13.7. The molecule has 1 aromatic heterocycles. The number of fused-ring (bicyclic) bond motifs is 1. The van der Waals surface area contributed by atoms with E-state index in [1.165, 1.54) is 29.7 Å². The second-order valence-corrected chi connectivity index (χ2v) is 10.5. The van der Waals surface area contributed by atoms with Gasteiger partial charge in [0.2, 0.25) is 10.0 Å². The van der Waals surface area contributed by atoms with Gasteiger partial charge in [0.05, 0.1) is 23.5 Å². The first kappa shape index (κ1) is 26.1. The van der Waals surface area contributed by atoms with E-state index < -0.39 is 27.6 Å². The molecular formula is C23H23IN4O7S. The molecule has 0 saturated carbocycles. The van der Waals surface area contributed by atoms with E-state index in [9.17, 15) is 18.0 Å². The first-order valence-electron chi connectivity index (χ1n) is 10.7. The van der Waals surface area contributed by atoms with Crippen molar-refractivity contribution in [1.29, 1.82) is 0 Å². The molecule has 1 saturated heterocycles. The van der Waals surface area contributed by atoms with E-state index in [-0.39, 0.29) is 29.2 Å². The van der Waals surface area contributed by atoms with Crippen molar-refractivity contribution in [2.24, 2.45) is 0 Å². The maximum Gasteiger partial charge on any atom is 0.410 e. The van der Waals surface area contributed by atoms with E-state index in [2.05, 4.69) is 9.71 Å². The molecule has 0 bridgehead atoms. The van der Waals surface area contributed by atoms with Crippen LogP contribution in [0.25, 0.3) is 10.9 Å². The number of carbonyl (C=O) groups excluding carboxylic acids is 2. The Bertz CT molecular complexity index is 1390. The van der Waals surface area contributed by atoms with Gasteiger partial charge in [0, 0.05) is 16.6 Å². The van der Waals surface area contributed by atoms with Crippen molar-refractivity contribution >= 4 is 55.5 Å². The Morgan fingerprint density at radius 1 is 1.17 bits per heavy atom. The number of ether oxygens (including phenoxy) is 2. The largest absolute Gasteiger partial charge is 0.489 e. The summed E-state index contributed by atoms with van der Waals surface area (Å²) in [5.41, 5.74) is 2.40. The summed E-state index contributed by atoms with van der Waals surface area (Å²) < 4.78 is 39.1. The molecule has 1 aliphatic rings. The minimum atomic E-state index is -4.18. The molecule has 0 aliphatic carbocycles. The zero-order valence-corrected chi connectivity index (χ0v) is 22.1. The minimum Gasteiger partial charge on any atom is -0.489 e. The smallest absolute Gasteiger partial charge is 0.410 e. The Kier molecular flexibility index (Phi) is 7.63. The maximum atomic E-state index is 13.0. The Balaban J connectivity index is 1.46. The van der Waals surface area contributed by atoms with Gasteiger partial charge < -0.3 is 14.4 Å². The summed E-state index contributed by atoms with van der Waals surface area (Å²) in [6.45, 7) is 1.57. The highest BCUT2D eigenvalue weighted by atomic mass is 127. The van der Waals surface area contributed by atoms with Gasteiger partial charge in [-0.3, -0.25) is 15.0 Å². The topological polar surface area (TPSA) is 147 Å². The van der Waals surface area contributed by atoms with Gasteiger partial charge in [-0.1, -0.05) is 18.2 Å². The number of aryl methyl sites for hydroxylation is 1. The quantitative estimate of drug-likeness (QED) is 0.150. The number of aromatic nitrogens is 1. The average molecular weight is 626 g/mol. The summed E-state index contributed by atoms with van der Waals surface area (Å²) in [7, 11) is -4.18. The average Bonchev–Trinajstić information content (AvgIpc) is 2.84. The Labute approximate surface area is 220 Å². The van der Waals surface area contributed by atoms with Crippen LogP contribution in [0, 0.1) is 6.92 Å². The van der Waals surface area contributed by atoms with Crippen LogP contribution in [0.15, 0.2) is 59.5 Å². The molecule has 36 heavy (non-hydrogen) atoms. The highest BCUT2D eigenvalue weighted by Gasteiger charge is 2.54. The normalized spacial score (nSPS) is 14.7. The SMILES string of the molecule is Cc1cc(COc2ccc(S(=O)(=O)NC3(C(=O)NO)CN(C(=O)OCI)C3)cc2)c2ccccc2n1. The summed E-state index contributed by atoms with van der Waals surface area (Å²) in [6, 6.07) is 15.4. The van der Waals surface area contributed by atoms with Crippen LogP contribution < -0.4 is 14.9 Å². The fraction of sp³-hybridized carbons (Fsp3) is 0.261. The molecule has 2 amide bonds. The number of sulfonamides is 1. The number of alkyl halides is 1. The van der Waals surface area contributed by atoms with Crippen molar-refractivity contribution in [3.8, 4) is 5.75 Å². The number of hydroxylamine groups is 1. The lowest BCUT2D eigenvalue weighted by atomic mass is 9.91. The number of para-hydroxylation sites is 1. The van der Waals surface area contributed by atoms with Gasteiger partial charge in [-0.15, -0.1) is 0 Å². The van der Waals surface area contributed by atoms with Crippen molar-refractivity contribution in [2.45, 2.75) is 24.0 Å². The fourth-order valence-electron chi connectivity index (χ4n) is 3.94. The zero-order valence-electron chi connectivity index (χ0n) is 19.1. The predicted octanol–water partition coefficient (Wildman–Crippen LogP) is 2.49. The van der Waals surface area contributed by atoms with Gasteiger partial charge in [-0.25, -0.2) is 18.7 Å². The van der Waals surface area contributed by atoms with Gasteiger partial charge >= 0.3 is 6.09 Å². The molecule has 0 radical (unpaired) electrons. The van der Waals surface area contributed by atoms with Crippen molar-refractivity contribution in [3.05, 3.63) is 65.9 Å². The van der Waals surface area contributed by atoms with Gasteiger partial charge in [-0.05, 0) is 65.9 Å². The third-order valence-electron chi connectivity index (χ3n) is 5.68. The van der Waals surface area contributed by atoms with Crippen LogP contribution in [-0.2, 0) is 26.2 Å². The van der Waals surface area contributed by atoms with Crippen molar-refractivity contribution in [2.75, 3.05) is 17.7 Å². The van der Waals surface area contributed by atoms with E-state index in [4.69, 9.17) is 14.7 Å². The molecule has 1 fully saturated rings. The molecule has 11 nitrogen and oxygen atoms in total. The number of rotatable bonds is 8. The summed E-state index contributed by atoms with van der Waals surface area (Å²) in [5, 5.41) is 10.1. The van der Waals surface area contributed by atoms with Crippen LogP contribution in [0.5, 0.6) is 5.75 Å². The highest BCUT2D eigenvalue weighted by molar-refractivity contribution is 14.1. The van der Waals surface area contributed by atoms with Crippen molar-refractivity contribution < 1.29 is 32.7 Å². The number of likely N-dealkylation sites (tertiary alicyclic amines) is 1. The number of hydrogen-bond donors (Lipinski definition) is 3. The third-order valence-corrected chi connectivity index (χ3v) is 7.55. The van der Waals surface area contributed by atoms with E-state index in [1.807, 2.05) is 59.8 Å². The third kappa shape index (κ3) is 5.38. The molecule has 2 aromatic carbocycles. The van der Waals surface area contributed by atoms with Crippen molar-refractivity contribution in [1.82, 2.24) is 20.1 Å². The van der Waals surface area contributed by atoms with Crippen LogP contribution >= 0.6 is 22.6 Å². The minimum absolute atomic E-state index is 0.101. The molecule has 190 valence electrons. The molecule has 1 aliphatic heterocycles. The molecule has 2 heterocycles. The summed E-state index contributed by atoms with van der Waals surface area (Å²) >= 11 is 1.84. The monoisotopic (exact) mass is 626 g/mol.